The molecule has 3 aliphatic heterocycles. The Bertz CT molecular complexity index is 254. The van der Waals surface area contributed by atoms with E-state index in [2.05, 4.69) is 17.9 Å². The molecule has 3 rings (SSSR count). The molecule has 0 spiro atoms. The maximum Gasteiger partial charge on any atom is 0.0286 e. The van der Waals surface area contributed by atoms with E-state index < -0.39 is 0 Å². The zero-order valence-corrected chi connectivity index (χ0v) is 9.21. The van der Waals surface area contributed by atoms with Crippen molar-refractivity contribution in [1.29, 1.82) is 0 Å². The molecule has 0 aromatic carbocycles. The van der Waals surface area contributed by atoms with Gasteiger partial charge in [-0.15, -0.1) is 0 Å². The first-order chi connectivity index (χ1) is 6.84. The SMILES string of the molecule is CC1=C[C@H]2CCC[C@H]3CCC[C@H](C1)N32. The Morgan fingerprint density at radius 1 is 1.07 bits per heavy atom. The van der Waals surface area contributed by atoms with E-state index >= 15 is 0 Å². The van der Waals surface area contributed by atoms with Gasteiger partial charge in [0.1, 0.15) is 0 Å². The lowest BCUT2D eigenvalue weighted by atomic mass is 9.80. The summed E-state index contributed by atoms with van der Waals surface area (Å²) in [5.74, 6) is 0. The first kappa shape index (κ1) is 8.96. The van der Waals surface area contributed by atoms with E-state index in [0.717, 1.165) is 18.1 Å². The Kier molecular flexibility index (Phi) is 2.16. The molecule has 0 aliphatic carbocycles. The number of hydrogen-bond donors (Lipinski definition) is 0. The van der Waals surface area contributed by atoms with Crippen molar-refractivity contribution in [2.24, 2.45) is 0 Å². The van der Waals surface area contributed by atoms with Crippen LogP contribution in [0.3, 0.4) is 0 Å². The minimum absolute atomic E-state index is 0.813. The third-order valence-corrected chi connectivity index (χ3v) is 4.37. The summed E-state index contributed by atoms with van der Waals surface area (Å²) in [6.45, 7) is 2.33. The Morgan fingerprint density at radius 2 is 1.79 bits per heavy atom. The van der Waals surface area contributed by atoms with Gasteiger partial charge in [0, 0.05) is 18.1 Å². The second-order valence-corrected chi connectivity index (χ2v) is 5.40. The zero-order chi connectivity index (χ0) is 9.54. The molecule has 0 unspecified atom stereocenters. The zero-order valence-electron chi connectivity index (χ0n) is 9.21. The van der Waals surface area contributed by atoms with E-state index in [-0.39, 0.29) is 0 Å². The second-order valence-electron chi connectivity index (χ2n) is 5.40. The molecule has 1 nitrogen and oxygen atoms in total. The average molecular weight is 191 g/mol. The van der Waals surface area contributed by atoms with Crippen LogP contribution >= 0.6 is 0 Å². The normalized spacial score (nSPS) is 42.9. The highest BCUT2D eigenvalue weighted by molar-refractivity contribution is 5.15. The molecular weight excluding hydrogens is 170 g/mol. The van der Waals surface area contributed by atoms with Crippen molar-refractivity contribution in [3.8, 4) is 0 Å². The predicted octanol–water partition coefficient (Wildman–Crippen LogP) is 3.11. The highest BCUT2D eigenvalue weighted by Crippen LogP contribution is 2.39. The maximum atomic E-state index is 2.86. The van der Waals surface area contributed by atoms with Gasteiger partial charge >= 0.3 is 0 Å². The van der Waals surface area contributed by atoms with Crippen LogP contribution in [0, 0.1) is 0 Å². The lowest BCUT2D eigenvalue weighted by Crippen LogP contribution is -2.55. The van der Waals surface area contributed by atoms with Crippen LogP contribution in [-0.4, -0.2) is 23.0 Å². The second kappa shape index (κ2) is 3.37. The number of hydrogen-bond acceptors (Lipinski definition) is 1. The van der Waals surface area contributed by atoms with Crippen molar-refractivity contribution in [3.05, 3.63) is 11.6 Å². The van der Waals surface area contributed by atoms with E-state index in [9.17, 15) is 0 Å². The Hall–Kier alpha value is -0.300. The lowest BCUT2D eigenvalue weighted by molar-refractivity contribution is 0.0152. The molecule has 78 valence electrons. The molecular formula is C13H21N. The molecule has 0 aromatic heterocycles. The molecule has 3 heterocycles. The molecule has 0 radical (unpaired) electrons. The maximum absolute atomic E-state index is 2.86. The molecule has 0 amide bonds. The molecule has 3 atom stereocenters. The minimum atomic E-state index is 0.813. The summed E-state index contributed by atoms with van der Waals surface area (Å²) in [6.07, 6.45) is 12.7. The van der Waals surface area contributed by atoms with Crippen LogP contribution in [0.15, 0.2) is 11.6 Å². The van der Waals surface area contributed by atoms with Crippen LogP contribution in [0.25, 0.3) is 0 Å². The molecule has 3 aliphatic rings. The fraction of sp³-hybridized carbons (Fsp3) is 0.846. The van der Waals surface area contributed by atoms with Crippen LogP contribution in [-0.2, 0) is 0 Å². The van der Waals surface area contributed by atoms with E-state index in [1.807, 2.05) is 0 Å². The van der Waals surface area contributed by atoms with Gasteiger partial charge in [-0.2, -0.15) is 0 Å². The summed E-state index contributed by atoms with van der Waals surface area (Å²) < 4.78 is 0. The van der Waals surface area contributed by atoms with Gasteiger partial charge in [-0.1, -0.05) is 24.5 Å². The van der Waals surface area contributed by atoms with E-state index in [4.69, 9.17) is 0 Å². The van der Waals surface area contributed by atoms with Gasteiger partial charge in [-0.3, -0.25) is 4.90 Å². The molecule has 14 heavy (non-hydrogen) atoms. The topological polar surface area (TPSA) is 3.24 Å². The first-order valence-corrected chi connectivity index (χ1v) is 6.29. The van der Waals surface area contributed by atoms with Gasteiger partial charge in [0.25, 0.3) is 0 Å². The number of nitrogens with zero attached hydrogens (tertiary/aromatic N) is 1. The smallest absolute Gasteiger partial charge is 0.0286 e. The molecule has 2 saturated heterocycles. The lowest BCUT2D eigenvalue weighted by Gasteiger charge is -2.51. The van der Waals surface area contributed by atoms with Crippen molar-refractivity contribution < 1.29 is 0 Å². The first-order valence-electron chi connectivity index (χ1n) is 6.29. The van der Waals surface area contributed by atoms with Crippen molar-refractivity contribution in [3.63, 3.8) is 0 Å². The standard InChI is InChI=1S/C13H21N/c1-10-8-12-6-2-4-11-5-3-7-13(9-10)14(11)12/h8,11-13H,2-7,9H2,1H3/t11-,12+,13+/m0/s1. The number of piperidine rings is 2. The highest BCUT2D eigenvalue weighted by Gasteiger charge is 2.39. The van der Waals surface area contributed by atoms with Gasteiger partial charge in [-0.05, 0) is 39.0 Å². The average Bonchev–Trinajstić information content (AvgIpc) is 2.18. The van der Waals surface area contributed by atoms with Gasteiger partial charge < -0.3 is 0 Å². The fourth-order valence-electron chi connectivity index (χ4n) is 3.88. The van der Waals surface area contributed by atoms with E-state index in [1.165, 1.54) is 44.9 Å². The summed E-state index contributed by atoms with van der Waals surface area (Å²) in [4.78, 5) is 2.86. The number of rotatable bonds is 0. The summed E-state index contributed by atoms with van der Waals surface area (Å²) in [7, 11) is 0. The summed E-state index contributed by atoms with van der Waals surface area (Å²) >= 11 is 0. The van der Waals surface area contributed by atoms with Crippen molar-refractivity contribution >= 4 is 0 Å². The Morgan fingerprint density at radius 3 is 2.64 bits per heavy atom. The van der Waals surface area contributed by atoms with Crippen LogP contribution in [0.5, 0.6) is 0 Å². The van der Waals surface area contributed by atoms with Crippen LogP contribution in [0.2, 0.25) is 0 Å². The van der Waals surface area contributed by atoms with Gasteiger partial charge in [0.15, 0.2) is 0 Å². The Balaban J connectivity index is 1.90. The predicted molar refractivity (Wildman–Crippen MR) is 59.3 cm³/mol. The van der Waals surface area contributed by atoms with Crippen LogP contribution in [0.1, 0.15) is 51.9 Å². The molecule has 2 fully saturated rings. The Labute approximate surface area is 87.2 Å². The third kappa shape index (κ3) is 1.33. The minimum Gasteiger partial charge on any atom is -0.291 e. The quantitative estimate of drug-likeness (QED) is 0.532. The summed E-state index contributed by atoms with van der Waals surface area (Å²) in [6, 6.07) is 2.66. The molecule has 1 heteroatoms. The van der Waals surface area contributed by atoms with Crippen molar-refractivity contribution in [2.45, 2.75) is 70.0 Å². The third-order valence-electron chi connectivity index (χ3n) is 4.37. The van der Waals surface area contributed by atoms with Crippen LogP contribution < -0.4 is 0 Å². The van der Waals surface area contributed by atoms with E-state index in [0.29, 0.717) is 0 Å². The van der Waals surface area contributed by atoms with Crippen molar-refractivity contribution in [2.75, 3.05) is 0 Å². The van der Waals surface area contributed by atoms with Crippen molar-refractivity contribution in [1.82, 2.24) is 4.90 Å². The molecule has 0 bridgehead atoms. The van der Waals surface area contributed by atoms with Gasteiger partial charge in [-0.25, -0.2) is 0 Å². The molecule has 0 aromatic rings. The van der Waals surface area contributed by atoms with Gasteiger partial charge in [0.2, 0.25) is 0 Å². The van der Waals surface area contributed by atoms with Gasteiger partial charge in [0.05, 0.1) is 0 Å². The van der Waals surface area contributed by atoms with E-state index in [1.54, 1.807) is 5.57 Å². The molecule has 0 N–H and O–H groups in total. The monoisotopic (exact) mass is 191 g/mol. The van der Waals surface area contributed by atoms with Crippen LogP contribution in [0.4, 0.5) is 0 Å². The largest absolute Gasteiger partial charge is 0.291 e. The summed E-state index contributed by atoms with van der Waals surface area (Å²) in [5.41, 5.74) is 1.65. The molecule has 0 saturated carbocycles. The highest BCUT2D eigenvalue weighted by atomic mass is 15.2. The fourth-order valence-corrected chi connectivity index (χ4v) is 3.88. The summed E-state index contributed by atoms with van der Waals surface area (Å²) in [5, 5.41) is 0.